The van der Waals surface area contributed by atoms with Gasteiger partial charge in [-0.3, -0.25) is 24.7 Å². The minimum Gasteiger partial charge on any atom is -0.484 e. The summed E-state index contributed by atoms with van der Waals surface area (Å²) in [7, 11) is 2.00. The molecule has 0 saturated carbocycles. The fourth-order valence-electron chi connectivity index (χ4n) is 3.42. The molecule has 176 valence electrons. The molecular weight excluding hydrogens is 456 g/mol. The molecule has 4 rings (SSSR count). The Labute approximate surface area is 200 Å². The average molecular weight is 481 g/mol. The molecule has 3 aromatic rings. The highest BCUT2D eigenvalue weighted by Crippen LogP contribution is 2.25. The summed E-state index contributed by atoms with van der Waals surface area (Å²) in [6.07, 6.45) is 1.67. The van der Waals surface area contributed by atoms with E-state index in [2.05, 4.69) is 20.2 Å². The number of nitrogens with zero attached hydrogens (tertiary/aromatic N) is 4. The number of likely N-dealkylation sites (N-methyl/N-ethyl adjacent to an activating group) is 1. The van der Waals surface area contributed by atoms with Gasteiger partial charge in [0.1, 0.15) is 11.4 Å². The molecule has 34 heavy (non-hydrogen) atoms. The highest BCUT2D eigenvalue weighted by atomic mass is 32.1. The van der Waals surface area contributed by atoms with Gasteiger partial charge in [-0.2, -0.15) is 0 Å². The van der Waals surface area contributed by atoms with Crippen LogP contribution in [0.4, 0.5) is 5.13 Å². The van der Waals surface area contributed by atoms with Crippen molar-refractivity contribution in [2.24, 2.45) is 5.73 Å². The third-order valence-electron chi connectivity index (χ3n) is 5.24. The van der Waals surface area contributed by atoms with Crippen molar-refractivity contribution in [1.29, 1.82) is 0 Å². The number of thiazole rings is 1. The molecule has 0 unspecified atom stereocenters. The Morgan fingerprint density at radius 1 is 1.09 bits per heavy atom. The molecule has 1 fully saturated rings. The topological polar surface area (TPSA) is 131 Å². The molecule has 0 bridgehead atoms. The Bertz CT molecular complexity index is 1190. The lowest BCUT2D eigenvalue weighted by molar-refractivity contribution is -0.119. The Morgan fingerprint density at radius 3 is 2.56 bits per heavy atom. The summed E-state index contributed by atoms with van der Waals surface area (Å²) in [4.78, 5) is 49.8. The zero-order valence-electron chi connectivity index (χ0n) is 18.6. The molecule has 2 aromatic heterocycles. The van der Waals surface area contributed by atoms with Crippen LogP contribution in [0.25, 0.3) is 11.4 Å². The van der Waals surface area contributed by atoms with Crippen molar-refractivity contribution in [2.75, 3.05) is 45.2 Å². The van der Waals surface area contributed by atoms with Crippen molar-refractivity contribution in [1.82, 2.24) is 19.8 Å². The number of amides is 3. The molecule has 3 amide bonds. The maximum atomic E-state index is 13.1. The smallest absolute Gasteiger partial charge is 0.257 e. The molecule has 11 heteroatoms. The van der Waals surface area contributed by atoms with Gasteiger partial charge >= 0.3 is 0 Å². The average Bonchev–Trinajstić information content (AvgIpc) is 3.31. The van der Waals surface area contributed by atoms with Gasteiger partial charge in [0.25, 0.3) is 17.7 Å². The lowest BCUT2D eigenvalue weighted by atomic mass is 10.1. The maximum absolute atomic E-state index is 13.1. The molecule has 0 aliphatic carbocycles. The number of benzene rings is 1. The summed E-state index contributed by atoms with van der Waals surface area (Å²) in [5.41, 5.74) is 7.02. The Morgan fingerprint density at radius 2 is 1.85 bits per heavy atom. The van der Waals surface area contributed by atoms with E-state index in [1.165, 1.54) is 29.5 Å². The zero-order chi connectivity index (χ0) is 24.1. The molecule has 0 atom stereocenters. The number of carbonyl (C=O) groups excluding carboxylic acids is 3. The number of hydrogen-bond donors (Lipinski definition) is 2. The number of rotatable bonds is 7. The zero-order valence-corrected chi connectivity index (χ0v) is 19.4. The van der Waals surface area contributed by atoms with E-state index in [0.717, 1.165) is 13.1 Å². The van der Waals surface area contributed by atoms with E-state index in [1.54, 1.807) is 16.5 Å². The van der Waals surface area contributed by atoms with Crippen molar-refractivity contribution in [3.63, 3.8) is 0 Å². The lowest BCUT2D eigenvalue weighted by Gasteiger charge is -2.32. The summed E-state index contributed by atoms with van der Waals surface area (Å²) in [6.45, 7) is 2.32. The highest BCUT2D eigenvalue weighted by molar-refractivity contribution is 7.14. The Kier molecular flexibility index (Phi) is 7.14. The van der Waals surface area contributed by atoms with Gasteiger partial charge in [0.15, 0.2) is 11.7 Å². The van der Waals surface area contributed by atoms with Gasteiger partial charge in [-0.15, -0.1) is 11.3 Å². The van der Waals surface area contributed by atoms with Gasteiger partial charge in [0.2, 0.25) is 0 Å². The fraction of sp³-hybridized carbons (Fsp3) is 0.261. The standard InChI is InChI=1S/C23H24N6O4S/c1-28-6-8-29(9-7-28)22(32)16-10-15(11-17(12-16)33-13-20(24)30)21(31)27-23-26-19(14-34-23)18-4-2-3-5-25-18/h2-5,10-12,14H,6-9,13H2,1H3,(H2,24,30)(H,26,27,31). The number of carbonyl (C=O) groups is 3. The van der Waals surface area contributed by atoms with Gasteiger partial charge in [-0.25, -0.2) is 4.98 Å². The van der Waals surface area contributed by atoms with Crippen LogP contribution in [-0.4, -0.2) is 77.3 Å². The van der Waals surface area contributed by atoms with E-state index >= 15 is 0 Å². The number of hydrogen-bond acceptors (Lipinski definition) is 8. The minimum absolute atomic E-state index is 0.203. The van der Waals surface area contributed by atoms with E-state index in [1.807, 2.05) is 25.2 Å². The van der Waals surface area contributed by atoms with Crippen LogP contribution in [0.1, 0.15) is 20.7 Å². The molecule has 1 saturated heterocycles. The second-order valence-electron chi connectivity index (χ2n) is 7.80. The molecule has 1 aliphatic heterocycles. The summed E-state index contributed by atoms with van der Waals surface area (Å²) >= 11 is 1.26. The second kappa shape index (κ2) is 10.4. The molecule has 1 aliphatic rings. The predicted octanol–water partition coefficient (Wildman–Crippen LogP) is 1.71. The molecule has 0 radical (unpaired) electrons. The van der Waals surface area contributed by atoms with Crippen LogP contribution < -0.4 is 15.8 Å². The molecule has 10 nitrogen and oxygen atoms in total. The van der Waals surface area contributed by atoms with E-state index in [4.69, 9.17) is 10.5 Å². The first-order valence-electron chi connectivity index (χ1n) is 10.6. The molecule has 0 spiro atoms. The van der Waals surface area contributed by atoms with Crippen LogP contribution in [-0.2, 0) is 4.79 Å². The van der Waals surface area contributed by atoms with Crippen molar-refractivity contribution in [3.05, 3.63) is 59.1 Å². The van der Waals surface area contributed by atoms with Crippen LogP contribution in [0.5, 0.6) is 5.75 Å². The van der Waals surface area contributed by atoms with Crippen LogP contribution in [0.15, 0.2) is 48.0 Å². The summed E-state index contributed by atoms with van der Waals surface area (Å²) in [5, 5.41) is 4.94. The summed E-state index contributed by atoms with van der Waals surface area (Å²) < 4.78 is 5.41. The maximum Gasteiger partial charge on any atom is 0.257 e. The minimum atomic E-state index is -0.661. The molecule has 3 N–H and O–H groups in total. The van der Waals surface area contributed by atoms with Crippen molar-refractivity contribution in [2.45, 2.75) is 0 Å². The monoisotopic (exact) mass is 480 g/mol. The molecule has 1 aromatic carbocycles. The van der Waals surface area contributed by atoms with Gasteiger partial charge in [-0.1, -0.05) is 6.07 Å². The number of aromatic nitrogens is 2. The second-order valence-corrected chi connectivity index (χ2v) is 8.66. The largest absolute Gasteiger partial charge is 0.484 e. The highest BCUT2D eigenvalue weighted by Gasteiger charge is 2.23. The first-order chi connectivity index (χ1) is 16.4. The van der Waals surface area contributed by atoms with Gasteiger partial charge in [0.05, 0.1) is 5.69 Å². The van der Waals surface area contributed by atoms with Crippen molar-refractivity contribution >= 4 is 34.2 Å². The van der Waals surface area contributed by atoms with E-state index in [-0.39, 0.29) is 23.8 Å². The number of ether oxygens (including phenoxy) is 1. The van der Waals surface area contributed by atoms with Gasteiger partial charge in [0, 0.05) is 48.9 Å². The third-order valence-corrected chi connectivity index (χ3v) is 6.00. The number of anilines is 1. The quantitative estimate of drug-likeness (QED) is 0.526. The number of nitrogens with one attached hydrogen (secondary N) is 1. The van der Waals surface area contributed by atoms with E-state index in [9.17, 15) is 14.4 Å². The van der Waals surface area contributed by atoms with Crippen LogP contribution >= 0.6 is 11.3 Å². The van der Waals surface area contributed by atoms with Gasteiger partial charge in [-0.05, 0) is 37.4 Å². The summed E-state index contributed by atoms with van der Waals surface area (Å²) in [5.74, 6) is -1.12. The number of pyridine rings is 1. The first-order valence-corrected chi connectivity index (χ1v) is 11.5. The predicted molar refractivity (Wildman–Crippen MR) is 128 cm³/mol. The Balaban J connectivity index is 1.55. The third kappa shape index (κ3) is 5.74. The molecule has 3 heterocycles. The lowest BCUT2D eigenvalue weighted by Crippen LogP contribution is -2.47. The first kappa shape index (κ1) is 23.3. The van der Waals surface area contributed by atoms with Crippen molar-refractivity contribution < 1.29 is 19.1 Å². The molecular formula is C23H24N6O4S. The normalized spacial score (nSPS) is 14.0. The van der Waals surface area contributed by atoms with Crippen LogP contribution in [0, 0.1) is 0 Å². The SMILES string of the molecule is CN1CCN(C(=O)c2cc(OCC(N)=O)cc(C(=O)Nc3nc(-c4ccccn4)cs3)c2)CC1. The number of piperazine rings is 1. The fourth-order valence-corrected chi connectivity index (χ4v) is 4.12. The van der Waals surface area contributed by atoms with Gasteiger partial charge < -0.3 is 20.3 Å². The van der Waals surface area contributed by atoms with Crippen molar-refractivity contribution in [3.8, 4) is 17.1 Å². The number of nitrogens with two attached hydrogens (primary N) is 1. The van der Waals surface area contributed by atoms with Crippen LogP contribution in [0.3, 0.4) is 0 Å². The van der Waals surface area contributed by atoms with Crippen LogP contribution in [0.2, 0.25) is 0 Å². The van der Waals surface area contributed by atoms with E-state index < -0.39 is 11.8 Å². The number of primary amides is 1. The summed E-state index contributed by atoms with van der Waals surface area (Å²) in [6, 6.07) is 10.00. The van der Waals surface area contributed by atoms with E-state index in [0.29, 0.717) is 35.2 Å². The Hall–Kier alpha value is -3.83.